The minimum atomic E-state index is -2.44. The maximum absolute atomic E-state index is 12.9. The van der Waals surface area contributed by atoms with E-state index in [1.165, 1.54) is 12.8 Å². The average Bonchev–Trinajstić information content (AvgIpc) is 3.21. The van der Waals surface area contributed by atoms with E-state index in [4.69, 9.17) is 0 Å². The van der Waals surface area contributed by atoms with Crippen molar-refractivity contribution in [2.24, 2.45) is 0 Å². The monoisotopic (exact) mass is 405 g/mol. The third-order valence-corrected chi connectivity index (χ3v) is 5.54. The highest BCUT2D eigenvalue weighted by atomic mass is 32.2. The van der Waals surface area contributed by atoms with Gasteiger partial charge in [0.25, 0.3) is 11.7 Å². The summed E-state index contributed by atoms with van der Waals surface area (Å²) in [6.07, 6.45) is 2.47. The zero-order valence-corrected chi connectivity index (χ0v) is 16.7. The van der Waals surface area contributed by atoms with Gasteiger partial charge in [-0.15, -0.1) is 0 Å². The van der Waals surface area contributed by atoms with Crippen LogP contribution in [0.3, 0.4) is 0 Å². The molecule has 4 nitrogen and oxygen atoms in total. The van der Waals surface area contributed by atoms with Gasteiger partial charge in [-0.1, -0.05) is 23.9 Å². The Kier molecular flexibility index (Phi) is 7.28. The number of rotatable bonds is 8. The fourth-order valence-corrected chi connectivity index (χ4v) is 3.76. The lowest BCUT2D eigenvalue weighted by atomic mass is 10.1. The predicted octanol–water partition coefficient (Wildman–Crippen LogP) is 4.91. The van der Waals surface area contributed by atoms with Gasteiger partial charge >= 0.3 is 0 Å². The van der Waals surface area contributed by atoms with Gasteiger partial charge in [0.2, 0.25) is 0 Å². The van der Waals surface area contributed by atoms with Gasteiger partial charge in [-0.25, -0.2) is 0 Å². The van der Waals surface area contributed by atoms with E-state index >= 15 is 0 Å². The highest BCUT2D eigenvalue weighted by Gasteiger charge is 2.18. The van der Waals surface area contributed by atoms with Crippen LogP contribution in [0.4, 0.5) is 20.2 Å². The van der Waals surface area contributed by atoms with Crippen molar-refractivity contribution < 1.29 is 13.6 Å². The van der Waals surface area contributed by atoms with Gasteiger partial charge in [-0.2, -0.15) is 8.78 Å². The van der Waals surface area contributed by atoms with E-state index in [0.717, 1.165) is 25.3 Å². The number of nitrogens with zero attached hydrogens (tertiary/aromatic N) is 2. The van der Waals surface area contributed by atoms with Crippen LogP contribution in [0.5, 0.6) is 0 Å². The Morgan fingerprint density at radius 1 is 1.14 bits per heavy atom. The molecule has 0 aliphatic carbocycles. The third-order valence-electron chi connectivity index (χ3n) is 4.81. The van der Waals surface area contributed by atoms with E-state index in [1.54, 1.807) is 35.2 Å². The van der Waals surface area contributed by atoms with Gasteiger partial charge in [0.15, 0.2) is 0 Å². The fourth-order valence-electron chi connectivity index (χ4n) is 3.26. The Balaban J connectivity index is 1.65. The molecule has 0 unspecified atom stereocenters. The van der Waals surface area contributed by atoms with Crippen molar-refractivity contribution in [3.8, 4) is 0 Å². The molecule has 1 fully saturated rings. The second-order valence-electron chi connectivity index (χ2n) is 6.85. The molecule has 28 heavy (non-hydrogen) atoms. The van der Waals surface area contributed by atoms with E-state index in [2.05, 4.69) is 10.2 Å². The van der Waals surface area contributed by atoms with E-state index in [1.807, 2.05) is 25.2 Å². The van der Waals surface area contributed by atoms with Gasteiger partial charge in [0, 0.05) is 30.7 Å². The van der Waals surface area contributed by atoms with E-state index < -0.39 is 5.76 Å². The summed E-state index contributed by atoms with van der Waals surface area (Å²) < 4.78 is 24.9. The zero-order chi connectivity index (χ0) is 19.9. The molecule has 0 radical (unpaired) electrons. The topological polar surface area (TPSA) is 35.6 Å². The molecule has 1 saturated heterocycles. The van der Waals surface area contributed by atoms with E-state index in [0.29, 0.717) is 34.5 Å². The number of benzene rings is 2. The summed E-state index contributed by atoms with van der Waals surface area (Å²) in [6.45, 7) is 3.80. The summed E-state index contributed by atoms with van der Waals surface area (Å²) in [6, 6.07) is 14.1. The number of likely N-dealkylation sites (tertiary alicyclic amines) is 1. The third kappa shape index (κ3) is 5.69. The van der Waals surface area contributed by atoms with Crippen LogP contribution < -0.4 is 5.32 Å². The first kappa shape index (κ1) is 20.6. The number of carbonyl (C=O) groups is 1. The van der Waals surface area contributed by atoms with Crippen LogP contribution in [0.15, 0.2) is 53.4 Å². The Bertz CT molecular complexity index is 779. The van der Waals surface area contributed by atoms with Crippen LogP contribution in [-0.2, 0) is 0 Å². The van der Waals surface area contributed by atoms with Crippen molar-refractivity contribution in [1.29, 1.82) is 0 Å². The molecule has 1 aliphatic heterocycles. The molecule has 0 atom stereocenters. The van der Waals surface area contributed by atoms with Crippen molar-refractivity contribution in [3.05, 3.63) is 54.1 Å². The van der Waals surface area contributed by atoms with Gasteiger partial charge in [-0.05, 0) is 62.3 Å². The zero-order valence-electron chi connectivity index (χ0n) is 15.9. The van der Waals surface area contributed by atoms with Crippen molar-refractivity contribution in [3.63, 3.8) is 0 Å². The Morgan fingerprint density at radius 2 is 1.82 bits per heavy atom. The molecule has 0 saturated carbocycles. The second kappa shape index (κ2) is 9.89. The summed E-state index contributed by atoms with van der Waals surface area (Å²) in [5.74, 6) is -2.47. The number of anilines is 2. The van der Waals surface area contributed by atoms with Crippen LogP contribution >= 0.6 is 11.8 Å². The summed E-state index contributed by atoms with van der Waals surface area (Å²) in [4.78, 5) is 17.6. The Labute approximate surface area is 168 Å². The summed E-state index contributed by atoms with van der Waals surface area (Å²) in [7, 11) is 1.82. The summed E-state index contributed by atoms with van der Waals surface area (Å²) >= 11 is 0.515. The fraction of sp³-hybridized carbons (Fsp3) is 0.381. The second-order valence-corrected chi connectivity index (χ2v) is 7.91. The molecule has 7 heteroatoms. The van der Waals surface area contributed by atoms with E-state index in [-0.39, 0.29) is 5.91 Å². The highest BCUT2D eigenvalue weighted by molar-refractivity contribution is 7.99. The molecule has 0 aromatic heterocycles. The Morgan fingerprint density at radius 3 is 2.50 bits per heavy atom. The molecule has 2 aromatic carbocycles. The number of thioether (sulfide) groups is 1. The number of para-hydroxylation sites is 1. The minimum absolute atomic E-state index is 0.0350. The van der Waals surface area contributed by atoms with E-state index in [9.17, 15) is 13.6 Å². The number of alkyl halides is 2. The predicted molar refractivity (Wildman–Crippen MR) is 111 cm³/mol. The van der Waals surface area contributed by atoms with Crippen molar-refractivity contribution in [1.82, 2.24) is 9.80 Å². The minimum Gasteiger partial charge on any atom is -0.355 e. The number of halogens is 2. The molecule has 1 heterocycles. The molecular weight excluding hydrogens is 380 g/mol. The summed E-state index contributed by atoms with van der Waals surface area (Å²) in [5, 5.41) is 3.23. The van der Waals surface area contributed by atoms with Crippen LogP contribution in [0, 0.1) is 0 Å². The van der Waals surface area contributed by atoms with Gasteiger partial charge in [0.1, 0.15) is 0 Å². The lowest BCUT2D eigenvalue weighted by Crippen LogP contribution is -2.35. The molecular formula is C21H25F2N3OS. The lowest BCUT2D eigenvalue weighted by Gasteiger charge is -2.22. The number of hydrogen-bond donors (Lipinski definition) is 1. The molecule has 1 aliphatic rings. The molecule has 2 aromatic rings. The van der Waals surface area contributed by atoms with Crippen molar-refractivity contribution >= 4 is 29.0 Å². The SMILES string of the molecule is CN(CCN1CCCC1)C(=O)c1ccccc1Nc1ccc(SC(F)F)cc1. The summed E-state index contributed by atoms with van der Waals surface area (Å²) in [5.41, 5.74) is 2.05. The van der Waals surface area contributed by atoms with Gasteiger partial charge in [-0.3, -0.25) is 4.79 Å². The number of hydrogen-bond acceptors (Lipinski definition) is 4. The molecule has 3 rings (SSSR count). The molecule has 1 amide bonds. The number of likely N-dealkylation sites (N-methyl/N-ethyl adjacent to an activating group) is 1. The number of amides is 1. The standard InChI is InChI=1S/C21H25F2N3OS/c1-25(14-15-26-12-4-5-13-26)20(27)18-6-2-3-7-19(18)24-16-8-10-17(11-9-16)28-21(22)23/h2-3,6-11,21,24H,4-5,12-15H2,1H3. The normalized spacial score (nSPS) is 14.4. The molecule has 0 spiro atoms. The molecule has 0 bridgehead atoms. The van der Waals surface area contributed by atoms with Crippen LogP contribution in [-0.4, -0.2) is 54.7 Å². The van der Waals surface area contributed by atoms with Crippen molar-refractivity contribution in [2.45, 2.75) is 23.5 Å². The largest absolute Gasteiger partial charge is 0.355 e. The molecule has 150 valence electrons. The average molecular weight is 406 g/mol. The highest BCUT2D eigenvalue weighted by Crippen LogP contribution is 2.28. The first-order chi connectivity index (χ1) is 13.5. The Hall–Kier alpha value is -2.12. The number of carbonyl (C=O) groups excluding carboxylic acids is 1. The quantitative estimate of drug-likeness (QED) is 0.633. The molecule has 1 N–H and O–H groups in total. The number of nitrogens with one attached hydrogen (secondary N) is 1. The smallest absolute Gasteiger partial charge is 0.288 e. The maximum Gasteiger partial charge on any atom is 0.288 e. The lowest BCUT2D eigenvalue weighted by molar-refractivity contribution is 0.0783. The van der Waals surface area contributed by atoms with Gasteiger partial charge in [0.05, 0.1) is 11.3 Å². The van der Waals surface area contributed by atoms with Crippen LogP contribution in [0.2, 0.25) is 0 Å². The van der Waals surface area contributed by atoms with Gasteiger partial charge < -0.3 is 15.1 Å². The maximum atomic E-state index is 12.9. The van der Waals surface area contributed by atoms with Crippen LogP contribution in [0.25, 0.3) is 0 Å². The van der Waals surface area contributed by atoms with Crippen molar-refractivity contribution in [2.75, 3.05) is 38.5 Å². The first-order valence-electron chi connectivity index (χ1n) is 9.41. The first-order valence-corrected chi connectivity index (χ1v) is 10.3. The van der Waals surface area contributed by atoms with Crippen LogP contribution in [0.1, 0.15) is 23.2 Å².